The Morgan fingerprint density at radius 3 is 3.00 bits per heavy atom. The molecule has 70 valence electrons. The molecule has 3 atom stereocenters. The van der Waals surface area contributed by atoms with E-state index < -0.39 is 0 Å². The lowest BCUT2D eigenvalue weighted by molar-refractivity contribution is 0.193. The molecule has 2 aliphatic rings. The first-order valence-corrected chi connectivity index (χ1v) is 4.88. The molecule has 2 rings (SSSR count). The van der Waals surface area contributed by atoms with Crippen LogP contribution in [0.4, 0.5) is 0 Å². The summed E-state index contributed by atoms with van der Waals surface area (Å²) in [7, 11) is 1.75. The summed E-state index contributed by atoms with van der Waals surface area (Å²) in [5.74, 6) is 0. The molecule has 3 nitrogen and oxygen atoms in total. The minimum absolute atomic E-state index is 0.707. The van der Waals surface area contributed by atoms with Gasteiger partial charge >= 0.3 is 0 Å². The molecule has 0 amide bonds. The number of methoxy groups -OCH3 is 1. The molecule has 12 heavy (non-hydrogen) atoms. The van der Waals surface area contributed by atoms with Crippen LogP contribution in [0.1, 0.15) is 19.3 Å². The van der Waals surface area contributed by atoms with Gasteiger partial charge in [0.15, 0.2) is 0 Å². The van der Waals surface area contributed by atoms with Crippen LogP contribution in [0.15, 0.2) is 0 Å². The van der Waals surface area contributed by atoms with Gasteiger partial charge in [-0.1, -0.05) is 0 Å². The van der Waals surface area contributed by atoms with Crippen molar-refractivity contribution in [3.8, 4) is 0 Å². The summed E-state index contributed by atoms with van der Waals surface area (Å²) in [6.07, 6.45) is 4.05. The van der Waals surface area contributed by atoms with Gasteiger partial charge in [0, 0.05) is 31.8 Å². The summed E-state index contributed by atoms with van der Waals surface area (Å²) in [6, 6.07) is 2.25. The molecular formula is C9H18N2O. The SMILES string of the molecule is COCCNC1C[C@H]2CC[C@@H]1N2. The van der Waals surface area contributed by atoms with Gasteiger partial charge in [-0.3, -0.25) is 0 Å². The average molecular weight is 170 g/mol. The maximum atomic E-state index is 5.00. The molecule has 0 aromatic rings. The third kappa shape index (κ3) is 1.63. The fraction of sp³-hybridized carbons (Fsp3) is 1.00. The van der Waals surface area contributed by atoms with Crippen LogP contribution in [0, 0.1) is 0 Å². The largest absolute Gasteiger partial charge is 0.383 e. The molecule has 0 radical (unpaired) electrons. The zero-order valence-electron chi connectivity index (χ0n) is 7.68. The van der Waals surface area contributed by atoms with E-state index in [0.29, 0.717) is 6.04 Å². The topological polar surface area (TPSA) is 33.3 Å². The number of nitrogens with one attached hydrogen (secondary N) is 2. The molecule has 2 heterocycles. The summed E-state index contributed by atoms with van der Waals surface area (Å²) < 4.78 is 5.00. The van der Waals surface area contributed by atoms with E-state index in [1.165, 1.54) is 19.3 Å². The first-order chi connectivity index (χ1) is 5.90. The molecule has 0 spiro atoms. The van der Waals surface area contributed by atoms with E-state index in [-0.39, 0.29) is 0 Å². The normalized spacial score (nSPS) is 39.2. The molecule has 2 bridgehead atoms. The number of ether oxygens (including phenoxy) is 1. The van der Waals surface area contributed by atoms with Gasteiger partial charge in [0.05, 0.1) is 6.61 Å². The zero-order valence-corrected chi connectivity index (χ0v) is 7.68. The van der Waals surface area contributed by atoms with Crippen molar-refractivity contribution in [1.29, 1.82) is 0 Å². The lowest BCUT2D eigenvalue weighted by atomic mass is 9.95. The highest BCUT2D eigenvalue weighted by Crippen LogP contribution is 2.27. The smallest absolute Gasteiger partial charge is 0.0587 e. The van der Waals surface area contributed by atoms with Gasteiger partial charge in [0.1, 0.15) is 0 Å². The van der Waals surface area contributed by atoms with Gasteiger partial charge in [0.2, 0.25) is 0 Å². The predicted molar refractivity (Wildman–Crippen MR) is 48.2 cm³/mol. The molecule has 2 aliphatic heterocycles. The van der Waals surface area contributed by atoms with Crippen LogP contribution in [-0.2, 0) is 4.74 Å². The van der Waals surface area contributed by atoms with Crippen LogP contribution >= 0.6 is 0 Å². The standard InChI is InChI=1S/C9H18N2O/c1-12-5-4-10-9-6-7-2-3-8(9)11-7/h7-11H,2-6H2,1H3/t7-,8+,9?/m1/s1. The van der Waals surface area contributed by atoms with E-state index in [4.69, 9.17) is 4.74 Å². The van der Waals surface area contributed by atoms with Crippen molar-refractivity contribution in [3.63, 3.8) is 0 Å². The van der Waals surface area contributed by atoms with Crippen molar-refractivity contribution in [3.05, 3.63) is 0 Å². The number of hydrogen-bond donors (Lipinski definition) is 2. The monoisotopic (exact) mass is 170 g/mol. The molecule has 2 fully saturated rings. The van der Waals surface area contributed by atoms with E-state index in [1.54, 1.807) is 7.11 Å². The van der Waals surface area contributed by atoms with Crippen molar-refractivity contribution >= 4 is 0 Å². The Balaban J connectivity index is 1.69. The van der Waals surface area contributed by atoms with E-state index >= 15 is 0 Å². The van der Waals surface area contributed by atoms with Crippen LogP contribution in [0.3, 0.4) is 0 Å². The molecule has 1 unspecified atom stereocenters. The maximum absolute atomic E-state index is 5.00. The van der Waals surface area contributed by atoms with Crippen molar-refractivity contribution < 1.29 is 4.74 Å². The Morgan fingerprint density at radius 2 is 2.42 bits per heavy atom. The van der Waals surface area contributed by atoms with Gasteiger partial charge < -0.3 is 15.4 Å². The van der Waals surface area contributed by atoms with Crippen molar-refractivity contribution in [1.82, 2.24) is 10.6 Å². The Bertz CT molecular complexity index is 151. The van der Waals surface area contributed by atoms with E-state index in [9.17, 15) is 0 Å². The van der Waals surface area contributed by atoms with Crippen LogP contribution in [0.5, 0.6) is 0 Å². The quantitative estimate of drug-likeness (QED) is 0.588. The molecule has 0 aromatic carbocycles. The molecule has 0 saturated carbocycles. The summed E-state index contributed by atoms with van der Waals surface area (Å²) >= 11 is 0. The summed E-state index contributed by atoms with van der Waals surface area (Å²) in [4.78, 5) is 0. The highest BCUT2D eigenvalue weighted by Gasteiger charge is 2.38. The minimum atomic E-state index is 0.707. The summed E-state index contributed by atoms with van der Waals surface area (Å²) in [6.45, 7) is 1.82. The molecular weight excluding hydrogens is 152 g/mol. The third-order valence-corrected chi connectivity index (χ3v) is 3.01. The van der Waals surface area contributed by atoms with E-state index in [2.05, 4.69) is 10.6 Å². The Labute approximate surface area is 73.9 Å². The fourth-order valence-corrected chi connectivity index (χ4v) is 2.40. The predicted octanol–water partition coefficient (Wildman–Crippen LogP) is 0.115. The fourth-order valence-electron chi connectivity index (χ4n) is 2.40. The van der Waals surface area contributed by atoms with E-state index in [0.717, 1.165) is 25.2 Å². The number of rotatable bonds is 4. The first kappa shape index (κ1) is 8.48. The van der Waals surface area contributed by atoms with Gasteiger partial charge in [-0.15, -0.1) is 0 Å². The Morgan fingerprint density at radius 1 is 1.50 bits per heavy atom. The third-order valence-electron chi connectivity index (χ3n) is 3.01. The van der Waals surface area contributed by atoms with Crippen LogP contribution < -0.4 is 10.6 Å². The van der Waals surface area contributed by atoms with Gasteiger partial charge in [-0.05, 0) is 19.3 Å². The lowest BCUT2D eigenvalue weighted by Crippen LogP contribution is -2.40. The Hall–Kier alpha value is -0.120. The maximum Gasteiger partial charge on any atom is 0.0587 e. The second-order valence-corrected chi connectivity index (χ2v) is 3.84. The Kier molecular flexibility index (Phi) is 2.63. The second kappa shape index (κ2) is 3.73. The molecule has 0 aromatic heterocycles. The summed E-state index contributed by atoms with van der Waals surface area (Å²) in [5, 5.41) is 7.13. The first-order valence-electron chi connectivity index (χ1n) is 4.88. The number of fused-ring (bicyclic) bond motifs is 2. The van der Waals surface area contributed by atoms with Gasteiger partial charge in [-0.2, -0.15) is 0 Å². The minimum Gasteiger partial charge on any atom is -0.383 e. The molecule has 2 saturated heterocycles. The van der Waals surface area contributed by atoms with Gasteiger partial charge in [-0.25, -0.2) is 0 Å². The van der Waals surface area contributed by atoms with E-state index in [1.807, 2.05) is 0 Å². The van der Waals surface area contributed by atoms with Crippen molar-refractivity contribution in [2.75, 3.05) is 20.3 Å². The molecule has 3 heteroatoms. The van der Waals surface area contributed by atoms with Crippen LogP contribution in [0.25, 0.3) is 0 Å². The van der Waals surface area contributed by atoms with Gasteiger partial charge in [0.25, 0.3) is 0 Å². The lowest BCUT2D eigenvalue weighted by Gasteiger charge is -2.21. The van der Waals surface area contributed by atoms with Crippen molar-refractivity contribution in [2.45, 2.75) is 37.4 Å². The number of hydrogen-bond acceptors (Lipinski definition) is 3. The van der Waals surface area contributed by atoms with Crippen molar-refractivity contribution in [2.24, 2.45) is 0 Å². The highest BCUT2D eigenvalue weighted by atomic mass is 16.5. The summed E-state index contributed by atoms with van der Waals surface area (Å²) in [5.41, 5.74) is 0. The average Bonchev–Trinajstić information content (AvgIpc) is 2.65. The zero-order chi connectivity index (χ0) is 8.39. The molecule has 0 aliphatic carbocycles. The second-order valence-electron chi connectivity index (χ2n) is 3.84. The van der Waals surface area contributed by atoms with Crippen LogP contribution in [-0.4, -0.2) is 38.4 Å². The van der Waals surface area contributed by atoms with Crippen LogP contribution in [0.2, 0.25) is 0 Å². The highest BCUT2D eigenvalue weighted by molar-refractivity contribution is 5.01. The molecule has 2 N–H and O–H groups in total.